The lowest BCUT2D eigenvalue weighted by Crippen LogP contribution is -1.99. The van der Waals surface area contributed by atoms with Crippen molar-refractivity contribution in [2.24, 2.45) is 0 Å². The number of nitrogens with zero attached hydrogens (tertiary/aromatic N) is 1. The molecule has 22 heavy (non-hydrogen) atoms. The number of hydrogen-bond acceptors (Lipinski definition) is 6. The number of nitrogens with one attached hydrogen (secondary N) is 1. The van der Waals surface area contributed by atoms with Crippen molar-refractivity contribution in [1.29, 1.82) is 0 Å². The minimum absolute atomic E-state index is 0.138. The zero-order chi connectivity index (χ0) is 15.9. The number of anilines is 1. The Kier molecular flexibility index (Phi) is 4.92. The van der Waals surface area contributed by atoms with Crippen LogP contribution in [0, 0.1) is 10.1 Å². The van der Waals surface area contributed by atoms with Gasteiger partial charge in [-0.2, -0.15) is 0 Å². The molecule has 0 radical (unpaired) electrons. The van der Waals surface area contributed by atoms with E-state index in [-0.39, 0.29) is 22.9 Å². The Hall–Kier alpha value is -3.09. The van der Waals surface area contributed by atoms with Crippen LogP contribution in [0.4, 0.5) is 11.4 Å². The summed E-state index contributed by atoms with van der Waals surface area (Å²) in [7, 11) is 0. The van der Waals surface area contributed by atoms with Crippen molar-refractivity contribution < 1.29 is 18.9 Å². The van der Waals surface area contributed by atoms with Gasteiger partial charge in [0, 0.05) is 12.3 Å². The maximum absolute atomic E-state index is 11.7. The fourth-order valence-corrected chi connectivity index (χ4v) is 1.75. The number of hydrogen-bond donors (Lipinski definition) is 1. The van der Waals surface area contributed by atoms with E-state index < -0.39 is 4.92 Å². The highest BCUT2D eigenvalue weighted by molar-refractivity contribution is 6.02. The van der Waals surface area contributed by atoms with E-state index in [2.05, 4.69) is 5.32 Å². The van der Waals surface area contributed by atoms with Crippen molar-refractivity contribution in [2.75, 3.05) is 11.9 Å². The molecule has 0 aliphatic carbocycles. The van der Waals surface area contributed by atoms with Gasteiger partial charge in [-0.05, 0) is 31.2 Å². The molecule has 2 rings (SSSR count). The number of ketones is 1. The van der Waals surface area contributed by atoms with Crippen LogP contribution >= 0.6 is 0 Å². The van der Waals surface area contributed by atoms with Crippen LogP contribution in [-0.4, -0.2) is 17.3 Å². The number of furan rings is 1. The Morgan fingerprint density at radius 3 is 2.91 bits per heavy atom. The summed E-state index contributed by atoms with van der Waals surface area (Å²) >= 11 is 0. The smallest absolute Gasteiger partial charge is 0.296 e. The number of allylic oxidation sites excluding steroid dienone is 1. The molecule has 0 amide bonds. The summed E-state index contributed by atoms with van der Waals surface area (Å²) in [5.41, 5.74) is 0.123. The van der Waals surface area contributed by atoms with E-state index in [1.807, 2.05) is 0 Å². The first-order valence-corrected chi connectivity index (χ1v) is 6.54. The quantitative estimate of drug-likeness (QED) is 0.364. The lowest BCUT2D eigenvalue weighted by atomic mass is 10.2. The summed E-state index contributed by atoms with van der Waals surface area (Å²) in [5.74, 6) is 0.265. The molecule has 0 spiro atoms. The van der Waals surface area contributed by atoms with Gasteiger partial charge in [0.25, 0.3) is 5.69 Å². The standard InChI is InChI=1S/C15H14N2O5/c1-2-21-11-5-6-12(13(10-11)17(19)20)16-8-7-14(18)15-4-3-9-22-15/h3-10,16H,2H2,1H3. The second-order valence-electron chi connectivity index (χ2n) is 4.19. The highest BCUT2D eigenvalue weighted by atomic mass is 16.6. The molecule has 1 N–H and O–H groups in total. The molecule has 1 heterocycles. The molecule has 114 valence electrons. The first-order valence-electron chi connectivity index (χ1n) is 6.54. The second-order valence-corrected chi connectivity index (χ2v) is 4.19. The average Bonchev–Trinajstić information content (AvgIpc) is 3.03. The van der Waals surface area contributed by atoms with Crippen LogP contribution in [0.1, 0.15) is 17.5 Å². The topological polar surface area (TPSA) is 94.6 Å². The van der Waals surface area contributed by atoms with E-state index in [1.165, 1.54) is 36.7 Å². The van der Waals surface area contributed by atoms with Gasteiger partial charge in [0.05, 0.1) is 23.9 Å². The zero-order valence-corrected chi connectivity index (χ0v) is 11.8. The molecule has 0 unspecified atom stereocenters. The molecule has 0 fully saturated rings. The van der Waals surface area contributed by atoms with Crippen LogP contribution in [0.3, 0.4) is 0 Å². The third-order valence-corrected chi connectivity index (χ3v) is 2.71. The van der Waals surface area contributed by atoms with Gasteiger partial charge in [-0.1, -0.05) is 0 Å². The summed E-state index contributed by atoms with van der Waals surface area (Å²) in [4.78, 5) is 22.2. The number of carbonyl (C=O) groups is 1. The molecular formula is C15H14N2O5. The normalized spacial score (nSPS) is 10.6. The molecule has 0 atom stereocenters. The third-order valence-electron chi connectivity index (χ3n) is 2.71. The molecule has 7 nitrogen and oxygen atoms in total. The van der Waals surface area contributed by atoms with Gasteiger partial charge in [0.15, 0.2) is 5.76 Å². The maximum atomic E-state index is 11.7. The van der Waals surface area contributed by atoms with Crippen LogP contribution in [0.25, 0.3) is 0 Å². The highest BCUT2D eigenvalue weighted by Gasteiger charge is 2.14. The Labute approximate surface area is 126 Å². The van der Waals surface area contributed by atoms with Crippen molar-refractivity contribution in [3.05, 3.63) is 64.7 Å². The maximum Gasteiger partial charge on any atom is 0.296 e. The van der Waals surface area contributed by atoms with E-state index >= 15 is 0 Å². The number of nitro benzene ring substituents is 1. The molecule has 2 aromatic rings. The largest absolute Gasteiger partial charge is 0.494 e. The van der Waals surface area contributed by atoms with Crippen LogP contribution < -0.4 is 10.1 Å². The minimum Gasteiger partial charge on any atom is -0.494 e. The van der Waals surface area contributed by atoms with E-state index in [9.17, 15) is 14.9 Å². The van der Waals surface area contributed by atoms with Crippen LogP contribution in [-0.2, 0) is 0 Å². The van der Waals surface area contributed by atoms with E-state index in [0.717, 1.165) is 0 Å². The van der Waals surface area contributed by atoms with Crippen LogP contribution in [0.2, 0.25) is 0 Å². The lowest BCUT2D eigenvalue weighted by Gasteiger charge is -2.06. The van der Waals surface area contributed by atoms with Crippen molar-refractivity contribution in [2.45, 2.75) is 6.92 Å². The molecule has 0 saturated carbocycles. The van der Waals surface area contributed by atoms with Gasteiger partial charge in [-0.3, -0.25) is 14.9 Å². The first kappa shape index (κ1) is 15.3. The summed E-state index contributed by atoms with van der Waals surface area (Å²) in [5, 5.41) is 13.8. The van der Waals surface area contributed by atoms with E-state index in [0.29, 0.717) is 12.4 Å². The SMILES string of the molecule is CCOc1ccc(NC=CC(=O)c2ccco2)c([N+](=O)[O-])c1. The number of rotatable bonds is 7. The molecule has 7 heteroatoms. The first-order chi connectivity index (χ1) is 10.6. The third kappa shape index (κ3) is 3.72. The van der Waals surface area contributed by atoms with Gasteiger partial charge in [0.1, 0.15) is 11.4 Å². The number of ether oxygens (including phenoxy) is 1. The van der Waals surface area contributed by atoms with Crippen molar-refractivity contribution in [3.63, 3.8) is 0 Å². The Balaban J connectivity index is 2.12. The molecule has 1 aromatic carbocycles. The Bertz CT molecular complexity index is 692. The van der Waals surface area contributed by atoms with Gasteiger partial charge >= 0.3 is 0 Å². The second kappa shape index (κ2) is 7.07. The predicted octanol–water partition coefficient (Wildman–Crippen LogP) is 3.40. The predicted molar refractivity (Wildman–Crippen MR) is 80.1 cm³/mol. The fourth-order valence-electron chi connectivity index (χ4n) is 1.75. The highest BCUT2D eigenvalue weighted by Crippen LogP contribution is 2.29. The molecule has 0 saturated heterocycles. The summed E-state index contributed by atoms with van der Waals surface area (Å²) in [6.45, 7) is 2.21. The summed E-state index contributed by atoms with van der Waals surface area (Å²) in [6, 6.07) is 7.59. The number of carbonyl (C=O) groups excluding carboxylic acids is 1. The van der Waals surface area contributed by atoms with Crippen molar-refractivity contribution in [3.8, 4) is 5.75 Å². The average molecular weight is 302 g/mol. The van der Waals surface area contributed by atoms with Gasteiger partial charge in [-0.25, -0.2) is 0 Å². The van der Waals surface area contributed by atoms with Crippen LogP contribution in [0.15, 0.2) is 53.3 Å². The molecular weight excluding hydrogens is 288 g/mol. The van der Waals surface area contributed by atoms with Gasteiger partial charge in [-0.15, -0.1) is 0 Å². The number of nitro groups is 1. The molecule has 0 aliphatic rings. The summed E-state index contributed by atoms with van der Waals surface area (Å²) < 4.78 is 10.2. The van der Waals surface area contributed by atoms with Crippen molar-refractivity contribution in [1.82, 2.24) is 0 Å². The van der Waals surface area contributed by atoms with E-state index in [1.54, 1.807) is 19.1 Å². The Morgan fingerprint density at radius 1 is 1.45 bits per heavy atom. The van der Waals surface area contributed by atoms with Gasteiger partial charge in [0.2, 0.25) is 5.78 Å². The lowest BCUT2D eigenvalue weighted by molar-refractivity contribution is -0.384. The molecule has 0 aliphatic heterocycles. The number of benzene rings is 1. The van der Waals surface area contributed by atoms with Crippen LogP contribution in [0.5, 0.6) is 5.75 Å². The zero-order valence-electron chi connectivity index (χ0n) is 11.8. The molecule has 1 aromatic heterocycles. The monoisotopic (exact) mass is 302 g/mol. The van der Waals surface area contributed by atoms with E-state index in [4.69, 9.17) is 9.15 Å². The summed E-state index contributed by atoms with van der Waals surface area (Å²) in [6.07, 6.45) is 3.96. The van der Waals surface area contributed by atoms with Gasteiger partial charge < -0.3 is 14.5 Å². The molecule has 0 bridgehead atoms. The fraction of sp³-hybridized carbons (Fsp3) is 0.133. The Morgan fingerprint density at radius 2 is 2.27 bits per heavy atom. The van der Waals surface area contributed by atoms with Crippen molar-refractivity contribution >= 4 is 17.2 Å². The minimum atomic E-state index is -0.521.